The predicted octanol–water partition coefficient (Wildman–Crippen LogP) is 6.40. The van der Waals surface area contributed by atoms with Gasteiger partial charge < -0.3 is 5.73 Å². The summed E-state index contributed by atoms with van der Waals surface area (Å²) in [6.45, 7) is 0. The Labute approximate surface area is 146 Å². The highest BCUT2D eigenvalue weighted by atomic mass is 14.6. The summed E-state index contributed by atoms with van der Waals surface area (Å²) in [7, 11) is 0. The lowest BCUT2D eigenvalue weighted by Gasteiger charge is -2.13. The molecule has 0 aliphatic carbocycles. The summed E-state index contributed by atoms with van der Waals surface area (Å²) >= 11 is 0. The SMILES string of the molecule is Nc1ccccc1-c1cccc2ccc3c4ccccc4ccc3c12. The predicted molar refractivity (Wildman–Crippen MR) is 109 cm³/mol. The molecule has 0 radical (unpaired) electrons. The van der Waals surface area contributed by atoms with E-state index >= 15 is 0 Å². The minimum atomic E-state index is 0.813. The van der Waals surface area contributed by atoms with E-state index in [0.717, 1.165) is 11.3 Å². The molecule has 0 aliphatic heterocycles. The molecule has 0 bridgehead atoms. The van der Waals surface area contributed by atoms with E-state index < -0.39 is 0 Å². The lowest BCUT2D eigenvalue weighted by atomic mass is 9.91. The summed E-state index contributed by atoms with van der Waals surface area (Å²) in [6.07, 6.45) is 0. The van der Waals surface area contributed by atoms with Gasteiger partial charge in [0.2, 0.25) is 0 Å². The van der Waals surface area contributed by atoms with E-state index in [1.165, 1.54) is 37.9 Å². The fraction of sp³-hybridized carbons (Fsp3) is 0. The third-order valence-corrected chi connectivity index (χ3v) is 5.02. The van der Waals surface area contributed by atoms with Crippen LogP contribution in [0.3, 0.4) is 0 Å². The van der Waals surface area contributed by atoms with Gasteiger partial charge in [-0.3, -0.25) is 0 Å². The Kier molecular flexibility index (Phi) is 3.01. The van der Waals surface area contributed by atoms with Gasteiger partial charge in [0.15, 0.2) is 0 Å². The Bertz CT molecular complexity index is 1250. The fourth-order valence-corrected chi connectivity index (χ4v) is 3.84. The number of nitrogens with two attached hydrogens (primary N) is 1. The molecule has 25 heavy (non-hydrogen) atoms. The molecule has 5 aromatic carbocycles. The van der Waals surface area contributed by atoms with Crippen LogP contribution in [0.4, 0.5) is 5.69 Å². The monoisotopic (exact) mass is 319 g/mol. The molecule has 118 valence electrons. The Balaban J connectivity index is 1.99. The maximum Gasteiger partial charge on any atom is 0.0393 e. The van der Waals surface area contributed by atoms with Crippen molar-refractivity contribution in [3.05, 3.63) is 91.0 Å². The molecule has 0 atom stereocenters. The molecular formula is C24H17N. The van der Waals surface area contributed by atoms with Crippen LogP contribution in [0.25, 0.3) is 43.4 Å². The molecule has 0 saturated heterocycles. The number of anilines is 1. The van der Waals surface area contributed by atoms with Crippen molar-refractivity contribution in [3.8, 4) is 11.1 Å². The molecule has 0 fully saturated rings. The van der Waals surface area contributed by atoms with Crippen LogP contribution in [0, 0.1) is 0 Å². The van der Waals surface area contributed by atoms with Crippen LogP contribution in [-0.2, 0) is 0 Å². The average molecular weight is 319 g/mol. The molecule has 0 amide bonds. The average Bonchev–Trinajstić information content (AvgIpc) is 2.67. The van der Waals surface area contributed by atoms with Gasteiger partial charge in [-0.2, -0.15) is 0 Å². The van der Waals surface area contributed by atoms with E-state index in [-0.39, 0.29) is 0 Å². The van der Waals surface area contributed by atoms with Gasteiger partial charge in [-0.1, -0.05) is 84.9 Å². The first kappa shape index (κ1) is 14.1. The molecule has 0 saturated carbocycles. The first-order valence-electron chi connectivity index (χ1n) is 8.51. The van der Waals surface area contributed by atoms with Crippen molar-refractivity contribution in [3.63, 3.8) is 0 Å². The standard InChI is InChI=1S/C24H17N/c25-23-11-4-3-9-20(23)21-10-5-7-17-13-14-19-18-8-2-1-6-16(18)12-15-22(19)24(17)21/h1-15H,25H2. The smallest absolute Gasteiger partial charge is 0.0393 e. The second kappa shape index (κ2) is 5.35. The van der Waals surface area contributed by atoms with Crippen molar-refractivity contribution in [1.82, 2.24) is 0 Å². The molecule has 0 aromatic heterocycles. The van der Waals surface area contributed by atoms with Crippen molar-refractivity contribution in [1.29, 1.82) is 0 Å². The van der Waals surface area contributed by atoms with Gasteiger partial charge in [0.25, 0.3) is 0 Å². The zero-order valence-corrected chi connectivity index (χ0v) is 13.7. The van der Waals surface area contributed by atoms with E-state index in [4.69, 9.17) is 5.73 Å². The van der Waals surface area contributed by atoms with Gasteiger partial charge in [-0.05, 0) is 43.9 Å². The second-order valence-electron chi connectivity index (χ2n) is 6.44. The Morgan fingerprint density at radius 1 is 0.440 bits per heavy atom. The highest BCUT2D eigenvalue weighted by molar-refractivity contribution is 6.21. The number of benzene rings is 5. The molecule has 0 unspecified atom stereocenters. The first-order valence-corrected chi connectivity index (χ1v) is 8.51. The molecule has 0 aliphatic rings. The fourth-order valence-electron chi connectivity index (χ4n) is 3.84. The van der Waals surface area contributed by atoms with Gasteiger partial charge in [-0.15, -0.1) is 0 Å². The van der Waals surface area contributed by atoms with E-state index in [1.807, 2.05) is 18.2 Å². The van der Waals surface area contributed by atoms with Crippen molar-refractivity contribution >= 4 is 38.0 Å². The summed E-state index contributed by atoms with van der Waals surface area (Å²) in [4.78, 5) is 0. The number of hydrogen-bond donors (Lipinski definition) is 1. The van der Waals surface area contributed by atoms with Crippen LogP contribution in [0.1, 0.15) is 0 Å². The van der Waals surface area contributed by atoms with E-state index in [2.05, 4.69) is 72.8 Å². The minimum absolute atomic E-state index is 0.813. The molecule has 0 spiro atoms. The largest absolute Gasteiger partial charge is 0.398 e. The third-order valence-electron chi connectivity index (χ3n) is 5.02. The molecule has 1 nitrogen and oxygen atoms in total. The maximum absolute atomic E-state index is 6.28. The molecule has 2 N–H and O–H groups in total. The van der Waals surface area contributed by atoms with Crippen LogP contribution in [-0.4, -0.2) is 0 Å². The summed E-state index contributed by atoms with van der Waals surface area (Å²) in [5, 5.41) is 7.62. The summed E-state index contributed by atoms with van der Waals surface area (Å²) in [5.41, 5.74) is 9.37. The number of rotatable bonds is 1. The van der Waals surface area contributed by atoms with Gasteiger partial charge in [-0.25, -0.2) is 0 Å². The van der Waals surface area contributed by atoms with E-state index in [9.17, 15) is 0 Å². The lowest BCUT2D eigenvalue weighted by Crippen LogP contribution is -1.91. The molecular weight excluding hydrogens is 302 g/mol. The van der Waals surface area contributed by atoms with Gasteiger partial charge >= 0.3 is 0 Å². The third kappa shape index (κ3) is 2.10. The lowest BCUT2D eigenvalue weighted by molar-refractivity contribution is 1.65. The zero-order chi connectivity index (χ0) is 16.8. The summed E-state index contributed by atoms with van der Waals surface area (Å²) in [6, 6.07) is 32.0. The van der Waals surface area contributed by atoms with Crippen LogP contribution in [0.2, 0.25) is 0 Å². The van der Waals surface area contributed by atoms with Crippen molar-refractivity contribution < 1.29 is 0 Å². The van der Waals surface area contributed by atoms with Crippen LogP contribution in [0.5, 0.6) is 0 Å². The number of hydrogen-bond acceptors (Lipinski definition) is 1. The number of fused-ring (bicyclic) bond motifs is 5. The number of para-hydroxylation sites is 1. The van der Waals surface area contributed by atoms with E-state index in [1.54, 1.807) is 0 Å². The Morgan fingerprint density at radius 3 is 2.04 bits per heavy atom. The molecule has 0 heterocycles. The normalized spacial score (nSPS) is 11.4. The quantitative estimate of drug-likeness (QED) is 0.281. The Hall–Kier alpha value is -3.32. The highest BCUT2D eigenvalue weighted by Crippen LogP contribution is 2.38. The topological polar surface area (TPSA) is 26.0 Å². The van der Waals surface area contributed by atoms with Crippen molar-refractivity contribution in [2.75, 3.05) is 5.73 Å². The Morgan fingerprint density at radius 2 is 1.12 bits per heavy atom. The maximum atomic E-state index is 6.28. The van der Waals surface area contributed by atoms with Crippen LogP contribution >= 0.6 is 0 Å². The summed E-state index contributed by atoms with van der Waals surface area (Å²) in [5.74, 6) is 0. The van der Waals surface area contributed by atoms with Gasteiger partial charge in [0, 0.05) is 11.3 Å². The molecule has 5 aromatic rings. The van der Waals surface area contributed by atoms with Crippen LogP contribution < -0.4 is 5.73 Å². The zero-order valence-electron chi connectivity index (χ0n) is 13.7. The van der Waals surface area contributed by atoms with E-state index in [0.29, 0.717) is 0 Å². The minimum Gasteiger partial charge on any atom is -0.398 e. The van der Waals surface area contributed by atoms with Crippen LogP contribution in [0.15, 0.2) is 91.0 Å². The summed E-state index contributed by atoms with van der Waals surface area (Å²) < 4.78 is 0. The highest BCUT2D eigenvalue weighted by Gasteiger charge is 2.11. The van der Waals surface area contributed by atoms with Gasteiger partial charge in [0.05, 0.1) is 0 Å². The number of nitrogen functional groups attached to an aromatic ring is 1. The second-order valence-corrected chi connectivity index (χ2v) is 6.44. The first-order chi connectivity index (χ1) is 12.3. The van der Waals surface area contributed by atoms with Crippen molar-refractivity contribution in [2.45, 2.75) is 0 Å². The van der Waals surface area contributed by atoms with Crippen molar-refractivity contribution in [2.24, 2.45) is 0 Å². The molecule has 5 rings (SSSR count). The van der Waals surface area contributed by atoms with Gasteiger partial charge in [0.1, 0.15) is 0 Å². The molecule has 1 heteroatoms.